The van der Waals surface area contributed by atoms with Crippen LogP contribution in [0.2, 0.25) is 0 Å². The highest BCUT2D eigenvalue weighted by atomic mass is 16.5. The number of ether oxygens (including phenoxy) is 2. The summed E-state index contributed by atoms with van der Waals surface area (Å²) in [4.78, 5) is 19.1. The van der Waals surface area contributed by atoms with Crippen molar-refractivity contribution in [3.05, 3.63) is 27.4 Å². The van der Waals surface area contributed by atoms with E-state index in [1.807, 2.05) is 0 Å². The first-order chi connectivity index (χ1) is 8.81. The zero-order valence-corrected chi connectivity index (χ0v) is 10.6. The van der Waals surface area contributed by atoms with E-state index in [-0.39, 0.29) is 5.56 Å². The Morgan fingerprint density at radius 3 is 3.06 bits per heavy atom. The van der Waals surface area contributed by atoms with E-state index in [2.05, 4.69) is 15.3 Å². The van der Waals surface area contributed by atoms with Gasteiger partial charge in [0.15, 0.2) is 0 Å². The molecule has 0 bridgehead atoms. The molecule has 0 fully saturated rings. The molecule has 6 nitrogen and oxygen atoms in total. The minimum absolute atomic E-state index is 0.00612. The predicted octanol–water partition coefficient (Wildman–Crippen LogP) is -0.379. The van der Waals surface area contributed by atoms with Crippen LogP contribution >= 0.6 is 0 Å². The van der Waals surface area contributed by atoms with Gasteiger partial charge < -0.3 is 19.8 Å². The topological polar surface area (TPSA) is 76.2 Å². The van der Waals surface area contributed by atoms with Gasteiger partial charge in [0.05, 0.1) is 25.5 Å². The fourth-order valence-electron chi connectivity index (χ4n) is 1.95. The second-order valence-corrected chi connectivity index (χ2v) is 4.22. The Morgan fingerprint density at radius 1 is 1.33 bits per heavy atom. The molecule has 18 heavy (non-hydrogen) atoms. The molecule has 2 N–H and O–H groups in total. The van der Waals surface area contributed by atoms with E-state index in [9.17, 15) is 4.79 Å². The highest BCUT2D eigenvalue weighted by Crippen LogP contribution is 2.06. The quantitative estimate of drug-likeness (QED) is 0.676. The van der Waals surface area contributed by atoms with Gasteiger partial charge in [-0.25, -0.2) is 4.98 Å². The summed E-state index contributed by atoms with van der Waals surface area (Å²) in [5.74, 6) is 0.694. The second kappa shape index (κ2) is 6.63. The molecule has 0 atom stereocenters. The summed E-state index contributed by atoms with van der Waals surface area (Å²) in [7, 11) is 1.64. The van der Waals surface area contributed by atoms with Crippen LogP contribution in [0.25, 0.3) is 0 Å². The van der Waals surface area contributed by atoms with Crippen molar-refractivity contribution in [2.75, 3.05) is 33.5 Å². The summed E-state index contributed by atoms with van der Waals surface area (Å²) in [6.45, 7) is 3.21. The number of nitrogens with zero attached hydrogens (tertiary/aromatic N) is 1. The Kier molecular flexibility index (Phi) is 4.86. The van der Waals surface area contributed by atoms with Gasteiger partial charge in [0.2, 0.25) is 0 Å². The Hall–Kier alpha value is -1.24. The smallest absolute Gasteiger partial charge is 0.254 e. The maximum Gasteiger partial charge on any atom is 0.254 e. The molecule has 6 heteroatoms. The number of methoxy groups -OCH3 is 1. The van der Waals surface area contributed by atoms with Gasteiger partial charge >= 0.3 is 0 Å². The Balaban J connectivity index is 1.93. The fraction of sp³-hybridized carbons (Fsp3) is 0.667. The molecule has 0 amide bonds. The summed E-state index contributed by atoms with van der Waals surface area (Å²) in [6, 6.07) is 0. The first kappa shape index (κ1) is 13.2. The third-order valence-electron chi connectivity index (χ3n) is 2.91. The zero-order chi connectivity index (χ0) is 12.8. The van der Waals surface area contributed by atoms with Crippen LogP contribution in [0.4, 0.5) is 0 Å². The normalized spacial score (nSPS) is 14.5. The summed E-state index contributed by atoms with van der Waals surface area (Å²) in [5, 5.41) is 3.22. The van der Waals surface area contributed by atoms with Crippen molar-refractivity contribution in [3.63, 3.8) is 0 Å². The van der Waals surface area contributed by atoms with Crippen LogP contribution < -0.4 is 10.9 Å². The molecule has 1 aromatic rings. The van der Waals surface area contributed by atoms with E-state index in [1.165, 1.54) is 0 Å². The van der Waals surface area contributed by atoms with Crippen molar-refractivity contribution < 1.29 is 9.47 Å². The molecule has 0 spiro atoms. The first-order valence-electron chi connectivity index (χ1n) is 6.19. The minimum Gasteiger partial charge on any atom is -0.382 e. The third kappa shape index (κ3) is 3.38. The maximum atomic E-state index is 11.8. The van der Waals surface area contributed by atoms with Gasteiger partial charge in [-0.15, -0.1) is 0 Å². The Labute approximate surface area is 106 Å². The van der Waals surface area contributed by atoms with E-state index < -0.39 is 0 Å². The summed E-state index contributed by atoms with van der Waals surface area (Å²) in [5.41, 5.74) is 1.68. The predicted molar refractivity (Wildman–Crippen MR) is 66.7 cm³/mol. The van der Waals surface area contributed by atoms with Gasteiger partial charge in [-0.2, -0.15) is 0 Å². The molecule has 1 aliphatic rings. The van der Waals surface area contributed by atoms with Gasteiger partial charge in [0.25, 0.3) is 5.56 Å². The van der Waals surface area contributed by atoms with Crippen LogP contribution in [0, 0.1) is 0 Å². The molecule has 0 saturated heterocycles. The van der Waals surface area contributed by atoms with Crippen LogP contribution in [0.15, 0.2) is 4.79 Å². The lowest BCUT2D eigenvalue weighted by Gasteiger charge is -2.15. The molecule has 2 rings (SSSR count). The molecule has 0 aliphatic carbocycles. The van der Waals surface area contributed by atoms with Crippen LogP contribution in [-0.4, -0.2) is 43.4 Å². The molecule has 1 aliphatic heterocycles. The molecule has 0 radical (unpaired) electrons. The minimum atomic E-state index is -0.00612. The van der Waals surface area contributed by atoms with E-state index >= 15 is 0 Å². The number of hydrogen-bond donors (Lipinski definition) is 2. The number of hydrogen-bond acceptors (Lipinski definition) is 5. The molecule has 100 valence electrons. The molecule has 0 aromatic carbocycles. The van der Waals surface area contributed by atoms with E-state index in [0.29, 0.717) is 38.6 Å². The van der Waals surface area contributed by atoms with E-state index in [4.69, 9.17) is 9.47 Å². The number of fused-ring (bicyclic) bond motifs is 1. The van der Waals surface area contributed by atoms with Gasteiger partial charge in [0, 0.05) is 25.6 Å². The first-order valence-corrected chi connectivity index (χ1v) is 6.19. The Morgan fingerprint density at radius 2 is 2.22 bits per heavy atom. The number of nitrogens with one attached hydrogen (secondary N) is 2. The number of aromatic nitrogens is 2. The van der Waals surface area contributed by atoms with Crippen molar-refractivity contribution in [1.29, 1.82) is 0 Å². The zero-order valence-electron chi connectivity index (χ0n) is 10.6. The number of rotatable bonds is 6. The largest absolute Gasteiger partial charge is 0.382 e. The van der Waals surface area contributed by atoms with Crippen LogP contribution in [-0.2, 0) is 28.9 Å². The molecular weight excluding hydrogens is 234 g/mol. The van der Waals surface area contributed by atoms with Crippen molar-refractivity contribution >= 4 is 0 Å². The number of H-pyrrole nitrogens is 1. The standard InChI is InChI=1S/C12H19N3O3/c1-17-6-7-18-5-3-11-14-10-8-13-4-2-9(10)12(16)15-11/h13H,2-8H2,1H3,(H,14,15,16). The monoisotopic (exact) mass is 253 g/mol. The lowest BCUT2D eigenvalue weighted by atomic mass is 10.1. The van der Waals surface area contributed by atoms with Crippen LogP contribution in [0.5, 0.6) is 0 Å². The fourth-order valence-corrected chi connectivity index (χ4v) is 1.95. The SMILES string of the molecule is COCCOCCc1nc2c(c(=O)[nH]1)CCNC2. The lowest BCUT2D eigenvalue weighted by molar-refractivity contribution is 0.0716. The molecule has 0 unspecified atom stereocenters. The second-order valence-electron chi connectivity index (χ2n) is 4.22. The van der Waals surface area contributed by atoms with Gasteiger partial charge in [-0.05, 0) is 13.0 Å². The van der Waals surface area contributed by atoms with Crippen LogP contribution in [0.3, 0.4) is 0 Å². The lowest BCUT2D eigenvalue weighted by Crippen LogP contribution is -2.32. The highest BCUT2D eigenvalue weighted by molar-refractivity contribution is 5.20. The summed E-state index contributed by atoms with van der Waals surface area (Å²) < 4.78 is 10.2. The molecular formula is C12H19N3O3. The Bertz CT molecular complexity index is 445. The molecule has 1 aromatic heterocycles. The van der Waals surface area contributed by atoms with E-state index in [1.54, 1.807) is 7.11 Å². The van der Waals surface area contributed by atoms with Gasteiger partial charge in [0.1, 0.15) is 5.82 Å². The summed E-state index contributed by atoms with van der Waals surface area (Å²) in [6.07, 6.45) is 1.37. The maximum absolute atomic E-state index is 11.8. The van der Waals surface area contributed by atoms with Gasteiger partial charge in [-0.1, -0.05) is 0 Å². The van der Waals surface area contributed by atoms with Crippen molar-refractivity contribution in [2.45, 2.75) is 19.4 Å². The highest BCUT2D eigenvalue weighted by Gasteiger charge is 2.14. The summed E-state index contributed by atoms with van der Waals surface area (Å²) >= 11 is 0. The van der Waals surface area contributed by atoms with Crippen molar-refractivity contribution in [1.82, 2.24) is 15.3 Å². The third-order valence-corrected chi connectivity index (χ3v) is 2.91. The van der Waals surface area contributed by atoms with Gasteiger partial charge in [-0.3, -0.25) is 4.79 Å². The van der Waals surface area contributed by atoms with E-state index in [0.717, 1.165) is 24.2 Å². The van der Waals surface area contributed by atoms with Crippen LogP contribution in [0.1, 0.15) is 17.1 Å². The average Bonchev–Trinajstić information content (AvgIpc) is 2.39. The van der Waals surface area contributed by atoms with Crippen molar-refractivity contribution in [2.24, 2.45) is 0 Å². The number of aromatic amines is 1. The molecule has 0 saturated carbocycles. The van der Waals surface area contributed by atoms with Crippen molar-refractivity contribution in [3.8, 4) is 0 Å². The molecule has 2 heterocycles. The average molecular weight is 253 g/mol.